The number of hydrogen-bond acceptors (Lipinski definition) is 4. The van der Waals surface area contributed by atoms with E-state index in [1.807, 2.05) is 12.5 Å². The first-order valence-electron chi connectivity index (χ1n) is 5.68. The van der Waals surface area contributed by atoms with Crippen LogP contribution in [0.5, 0.6) is 0 Å². The quantitative estimate of drug-likeness (QED) is 0.777. The summed E-state index contributed by atoms with van der Waals surface area (Å²) in [5, 5.41) is 3.30. The summed E-state index contributed by atoms with van der Waals surface area (Å²) in [4.78, 5) is 17.0. The van der Waals surface area contributed by atoms with Gasteiger partial charge in [0.2, 0.25) is 5.91 Å². The number of amides is 1. The number of nitrogens with zero attached hydrogens (tertiary/aromatic N) is 3. The number of nitrogens with one attached hydrogen (secondary N) is 1. The van der Waals surface area contributed by atoms with Crippen molar-refractivity contribution in [2.45, 2.75) is 12.6 Å². The zero-order chi connectivity index (χ0) is 12.3. The van der Waals surface area contributed by atoms with Crippen LogP contribution in [0.2, 0.25) is 0 Å². The molecular formula is C11H18N4O2. The van der Waals surface area contributed by atoms with Crippen LogP contribution >= 0.6 is 0 Å². The molecule has 0 saturated heterocycles. The molecule has 6 nitrogen and oxygen atoms in total. The van der Waals surface area contributed by atoms with Gasteiger partial charge in [0.05, 0.1) is 24.7 Å². The Morgan fingerprint density at radius 1 is 1.71 bits per heavy atom. The minimum Gasteiger partial charge on any atom is -0.369 e. The van der Waals surface area contributed by atoms with Crippen LogP contribution in [-0.4, -0.2) is 54.2 Å². The van der Waals surface area contributed by atoms with Crippen LogP contribution in [0.4, 0.5) is 0 Å². The number of fused-ring (bicyclic) bond motifs is 1. The summed E-state index contributed by atoms with van der Waals surface area (Å²) >= 11 is 0. The van der Waals surface area contributed by atoms with Crippen LogP contribution in [0.3, 0.4) is 0 Å². The van der Waals surface area contributed by atoms with Crippen LogP contribution in [0.25, 0.3) is 0 Å². The van der Waals surface area contributed by atoms with E-state index in [0.29, 0.717) is 6.61 Å². The van der Waals surface area contributed by atoms with Gasteiger partial charge in [-0.1, -0.05) is 0 Å². The summed E-state index contributed by atoms with van der Waals surface area (Å²) in [6.45, 7) is 2.34. The number of hydrogen-bond donors (Lipinski definition) is 1. The van der Waals surface area contributed by atoms with E-state index < -0.39 is 0 Å². The fourth-order valence-electron chi connectivity index (χ4n) is 1.81. The maximum atomic E-state index is 11.3. The van der Waals surface area contributed by atoms with E-state index in [-0.39, 0.29) is 18.6 Å². The molecule has 1 amide bonds. The Bertz CT molecular complexity index is 389. The molecule has 0 bridgehead atoms. The molecule has 1 aromatic heterocycles. The molecule has 6 heteroatoms. The lowest BCUT2D eigenvalue weighted by atomic mass is 10.2. The van der Waals surface area contributed by atoms with Gasteiger partial charge in [0.15, 0.2) is 0 Å². The Labute approximate surface area is 101 Å². The van der Waals surface area contributed by atoms with Crippen molar-refractivity contribution in [2.75, 3.05) is 33.9 Å². The average molecular weight is 238 g/mol. The summed E-state index contributed by atoms with van der Waals surface area (Å²) in [6.07, 6.45) is 3.67. The largest absolute Gasteiger partial charge is 0.369 e. The van der Waals surface area contributed by atoms with Crippen LogP contribution in [0.15, 0.2) is 12.5 Å². The van der Waals surface area contributed by atoms with E-state index in [0.717, 1.165) is 18.8 Å². The number of carbonyl (C=O) groups excluding carboxylic acids is 1. The maximum absolute atomic E-state index is 11.3. The maximum Gasteiger partial charge on any atom is 0.248 e. The zero-order valence-corrected chi connectivity index (χ0v) is 10.2. The number of rotatable bonds is 4. The first kappa shape index (κ1) is 12.1. The molecule has 0 aliphatic carbocycles. The molecule has 1 N–H and O–H groups in total. The summed E-state index contributed by atoms with van der Waals surface area (Å²) in [6, 6.07) is 0.219. The second-order valence-electron chi connectivity index (χ2n) is 4.38. The normalized spacial score (nSPS) is 18.8. The molecule has 0 fully saturated rings. The van der Waals surface area contributed by atoms with Crippen molar-refractivity contribution in [1.29, 1.82) is 0 Å². The van der Waals surface area contributed by atoms with Crippen molar-refractivity contribution < 1.29 is 9.53 Å². The Hall–Kier alpha value is -1.40. The van der Waals surface area contributed by atoms with Crippen LogP contribution in [-0.2, 0) is 16.1 Å². The second-order valence-corrected chi connectivity index (χ2v) is 4.38. The Kier molecular flexibility index (Phi) is 3.75. The number of ether oxygens (including phenoxy) is 1. The van der Waals surface area contributed by atoms with E-state index in [1.54, 1.807) is 14.1 Å². The lowest BCUT2D eigenvalue weighted by Crippen LogP contribution is -2.36. The lowest BCUT2D eigenvalue weighted by Gasteiger charge is -2.26. The third-order valence-corrected chi connectivity index (χ3v) is 2.86. The van der Waals surface area contributed by atoms with E-state index in [9.17, 15) is 4.79 Å². The highest BCUT2D eigenvalue weighted by atomic mass is 16.5. The molecular weight excluding hydrogens is 220 g/mol. The predicted octanol–water partition coefficient (Wildman–Crippen LogP) is -0.368. The smallest absolute Gasteiger partial charge is 0.248 e. The summed E-state index contributed by atoms with van der Waals surface area (Å²) in [5.74, 6) is -0.0142. The van der Waals surface area contributed by atoms with Gasteiger partial charge in [-0.3, -0.25) is 4.79 Å². The topological polar surface area (TPSA) is 59.4 Å². The number of imidazole rings is 1. The minimum absolute atomic E-state index is 0.0142. The SMILES string of the molecule is CN(C)C(=O)COCC1CNCc2cncn21. The monoisotopic (exact) mass is 238 g/mol. The Morgan fingerprint density at radius 3 is 3.29 bits per heavy atom. The molecule has 1 aromatic rings. The van der Waals surface area contributed by atoms with E-state index in [1.165, 1.54) is 4.90 Å². The fourth-order valence-corrected chi connectivity index (χ4v) is 1.81. The first-order valence-corrected chi connectivity index (χ1v) is 5.68. The highest BCUT2D eigenvalue weighted by Crippen LogP contribution is 2.14. The van der Waals surface area contributed by atoms with Crippen molar-refractivity contribution in [3.63, 3.8) is 0 Å². The molecule has 1 unspecified atom stereocenters. The van der Waals surface area contributed by atoms with Crippen LogP contribution in [0, 0.1) is 0 Å². The Morgan fingerprint density at radius 2 is 2.53 bits per heavy atom. The third-order valence-electron chi connectivity index (χ3n) is 2.86. The molecule has 0 aromatic carbocycles. The van der Waals surface area contributed by atoms with Gasteiger partial charge in [-0.05, 0) is 0 Å². The first-order chi connectivity index (χ1) is 8.18. The van der Waals surface area contributed by atoms with Crippen molar-refractivity contribution in [1.82, 2.24) is 19.8 Å². The zero-order valence-electron chi connectivity index (χ0n) is 10.2. The number of aromatic nitrogens is 2. The van der Waals surface area contributed by atoms with Gasteiger partial charge in [-0.15, -0.1) is 0 Å². The molecule has 0 radical (unpaired) electrons. The highest BCUT2D eigenvalue weighted by Gasteiger charge is 2.19. The standard InChI is InChI=1S/C11H18N4O2/c1-14(2)11(16)7-17-6-10-5-12-3-9-4-13-8-15(9)10/h4,8,10,12H,3,5-7H2,1-2H3. The van der Waals surface area contributed by atoms with Crippen molar-refractivity contribution in [3.8, 4) is 0 Å². The van der Waals surface area contributed by atoms with Crippen molar-refractivity contribution in [2.24, 2.45) is 0 Å². The van der Waals surface area contributed by atoms with E-state index in [4.69, 9.17) is 4.74 Å². The van der Waals surface area contributed by atoms with Gasteiger partial charge in [-0.2, -0.15) is 0 Å². The second kappa shape index (κ2) is 5.29. The third kappa shape index (κ3) is 2.83. The van der Waals surface area contributed by atoms with Gasteiger partial charge in [0, 0.05) is 33.4 Å². The van der Waals surface area contributed by atoms with E-state index in [2.05, 4.69) is 14.9 Å². The molecule has 2 rings (SSSR count). The Balaban J connectivity index is 1.83. The van der Waals surface area contributed by atoms with Gasteiger partial charge >= 0.3 is 0 Å². The summed E-state index contributed by atoms with van der Waals surface area (Å²) in [5.41, 5.74) is 1.16. The van der Waals surface area contributed by atoms with Crippen LogP contribution in [0.1, 0.15) is 11.7 Å². The van der Waals surface area contributed by atoms with Gasteiger partial charge in [0.25, 0.3) is 0 Å². The molecule has 1 atom stereocenters. The molecule has 2 heterocycles. The van der Waals surface area contributed by atoms with Crippen LogP contribution < -0.4 is 5.32 Å². The summed E-state index contributed by atoms with van der Waals surface area (Å²) in [7, 11) is 3.45. The minimum atomic E-state index is -0.0142. The van der Waals surface area contributed by atoms with Crippen molar-refractivity contribution >= 4 is 5.91 Å². The molecule has 0 spiro atoms. The highest BCUT2D eigenvalue weighted by molar-refractivity contribution is 5.76. The summed E-state index contributed by atoms with van der Waals surface area (Å²) < 4.78 is 7.55. The number of carbonyl (C=O) groups is 1. The lowest BCUT2D eigenvalue weighted by molar-refractivity contribution is -0.133. The average Bonchev–Trinajstić information content (AvgIpc) is 2.77. The van der Waals surface area contributed by atoms with E-state index >= 15 is 0 Å². The van der Waals surface area contributed by atoms with Gasteiger partial charge < -0.3 is 19.5 Å². The van der Waals surface area contributed by atoms with Gasteiger partial charge in [-0.25, -0.2) is 4.98 Å². The van der Waals surface area contributed by atoms with Gasteiger partial charge in [0.1, 0.15) is 6.61 Å². The predicted molar refractivity (Wildman–Crippen MR) is 62.5 cm³/mol. The molecule has 17 heavy (non-hydrogen) atoms. The molecule has 0 saturated carbocycles. The molecule has 1 aliphatic rings. The molecule has 94 valence electrons. The van der Waals surface area contributed by atoms with Crippen molar-refractivity contribution in [3.05, 3.63) is 18.2 Å². The fraction of sp³-hybridized carbons (Fsp3) is 0.636. The number of likely N-dealkylation sites (N-methyl/N-ethyl adjacent to an activating group) is 1. The molecule has 1 aliphatic heterocycles.